The van der Waals surface area contributed by atoms with Crippen LogP contribution < -0.4 is 5.32 Å². The summed E-state index contributed by atoms with van der Waals surface area (Å²) >= 11 is 2.13. The number of nitrogens with one attached hydrogen (secondary N) is 1. The quantitative estimate of drug-likeness (QED) is 0.821. The number of carbonyl (C=O) groups excluding carboxylic acids is 1. The van der Waals surface area contributed by atoms with Gasteiger partial charge in [-0.25, -0.2) is 0 Å². The van der Waals surface area contributed by atoms with E-state index in [-0.39, 0.29) is 0 Å². The number of amides is 1. The number of aliphatic hydroxyl groups is 1. The fourth-order valence-corrected chi connectivity index (χ4v) is 1.36. The Morgan fingerprint density at radius 2 is 2.00 bits per heavy atom. The van der Waals surface area contributed by atoms with Gasteiger partial charge in [0, 0.05) is 3.57 Å². The molecule has 2 N–H and O–H groups in total. The van der Waals surface area contributed by atoms with Crippen LogP contribution in [0.3, 0.4) is 0 Å². The largest absolute Gasteiger partial charge is 0.381 e. The van der Waals surface area contributed by atoms with E-state index >= 15 is 0 Å². The summed E-state index contributed by atoms with van der Waals surface area (Å²) in [6.07, 6.45) is 0. The number of anilines is 1. The fraction of sp³-hybridized carbons (Fsp3) is 0.300. The van der Waals surface area contributed by atoms with Gasteiger partial charge in [0.2, 0.25) is 0 Å². The Bertz CT molecular complexity index is 344. The van der Waals surface area contributed by atoms with Crippen molar-refractivity contribution in [2.45, 2.75) is 19.4 Å². The molecular weight excluding hydrogens is 293 g/mol. The Balaban J connectivity index is 2.80. The molecule has 0 radical (unpaired) electrons. The van der Waals surface area contributed by atoms with Gasteiger partial charge in [0.1, 0.15) is 5.60 Å². The van der Waals surface area contributed by atoms with Crippen LogP contribution in [0, 0.1) is 3.57 Å². The van der Waals surface area contributed by atoms with E-state index in [0.29, 0.717) is 0 Å². The molecular formula is C10H12INO2. The van der Waals surface area contributed by atoms with Crippen molar-refractivity contribution in [1.29, 1.82) is 0 Å². The molecule has 0 aliphatic carbocycles. The van der Waals surface area contributed by atoms with E-state index in [4.69, 9.17) is 0 Å². The third-order valence-electron chi connectivity index (χ3n) is 1.68. The minimum absolute atomic E-state index is 0.401. The molecule has 0 saturated carbocycles. The first kappa shape index (κ1) is 11.5. The van der Waals surface area contributed by atoms with Gasteiger partial charge >= 0.3 is 0 Å². The smallest absolute Gasteiger partial charge is 0.255 e. The molecule has 1 aromatic rings. The molecule has 0 atom stereocenters. The van der Waals surface area contributed by atoms with E-state index in [9.17, 15) is 9.90 Å². The van der Waals surface area contributed by atoms with Gasteiger partial charge in [-0.1, -0.05) is 12.1 Å². The van der Waals surface area contributed by atoms with Gasteiger partial charge in [-0.2, -0.15) is 0 Å². The Kier molecular flexibility index (Phi) is 3.49. The van der Waals surface area contributed by atoms with E-state index in [1.54, 1.807) is 6.07 Å². The lowest BCUT2D eigenvalue weighted by molar-refractivity contribution is -0.130. The van der Waals surface area contributed by atoms with Crippen molar-refractivity contribution in [3.63, 3.8) is 0 Å². The van der Waals surface area contributed by atoms with E-state index < -0.39 is 11.5 Å². The van der Waals surface area contributed by atoms with Crippen molar-refractivity contribution in [2.75, 3.05) is 5.32 Å². The summed E-state index contributed by atoms with van der Waals surface area (Å²) < 4.78 is 0.947. The molecule has 3 nitrogen and oxygen atoms in total. The highest BCUT2D eigenvalue weighted by molar-refractivity contribution is 14.1. The van der Waals surface area contributed by atoms with Crippen LogP contribution in [0.15, 0.2) is 24.3 Å². The normalized spacial score (nSPS) is 11.1. The van der Waals surface area contributed by atoms with Crippen molar-refractivity contribution < 1.29 is 9.90 Å². The third-order valence-corrected chi connectivity index (χ3v) is 2.62. The highest BCUT2D eigenvalue weighted by Gasteiger charge is 2.23. The Morgan fingerprint density at radius 1 is 1.43 bits per heavy atom. The molecule has 0 bridgehead atoms. The number of hydrogen-bond donors (Lipinski definition) is 2. The van der Waals surface area contributed by atoms with Crippen LogP contribution >= 0.6 is 22.6 Å². The first-order valence-corrected chi connectivity index (χ1v) is 5.27. The lowest BCUT2D eigenvalue weighted by atomic mass is 10.1. The van der Waals surface area contributed by atoms with Crippen molar-refractivity contribution in [3.8, 4) is 0 Å². The molecule has 0 unspecified atom stereocenters. The molecule has 1 amide bonds. The van der Waals surface area contributed by atoms with Gasteiger partial charge in [-0.05, 0) is 48.6 Å². The van der Waals surface area contributed by atoms with Gasteiger partial charge in [0.15, 0.2) is 0 Å². The van der Waals surface area contributed by atoms with Gasteiger partial charge in [-0.3, -0.25) is 4.79 Å². The zero-order valence-corrected chi connectivity index (χ0v) is 10.2. The second-order valence-corrected chi connectivity index (χ2v) is 4.66. The SMILES string of the molecule is CC(C)(O)C(=O)Nc1ccccc1I. The number of hydrogen-bond acceptors (Lipinski definition) is 2. The van der Waals surface area contributed by atoms with Gasteiger partial charge in [0.25, 0.3) is 5.91 Å². The maximum absolute atomic E-state index is 11.4. The molecule has 4 heteroatoms. The molecule has 76 valence electrons. The molecule has 0 aromatic heterocycles. The predicted molar refractivity (Wildman–Crippen MR) is 64.1 cm³/mol. The summed E-state index contributed by atoms with van der Waals surface area (Å²) in [6, 6.07) is 7.41. The highest BCUT2D eigenvalue weighted by Crippen LogP contribution is 2.18. The minimum atomic E-state index is -1.35. The second kappa shape index (κ2) is 4.27. The standard InChI is InChI=1S/C10H12INO2/c1-10(2,14)9(13)12-8-6-4-3-5-7(8)11/h3-6,14H,1-2H3,(H,12,13). The topological polar surface area (TPSA) is 49.3 Å². The van der Waals surface area contributed by atoms with Gasteiger partial charge in [0.05, 0.1) is 5.69 Å². The van der Waals surface area contributed by atoms with Gasteiger partial charge in [-0.15, -0.1) is 0 Å². The van der Waals surface area contributed by atoms with Crippen LogP contribution in [0.1, 0.15) is 13.8 Å². The molecule has 14 heavy (non-hydrogen) atoms. The van der Waals surface area contributed by atoms with E-state index in [1.807, 2.05) is 18.2 Å². The lowest BCUT2D eigenvalue weighted by Gasteiger charge is -2.17. The van der Waals surface area contributed by atoms with Crippen molar-refractivity contribution >= 4 is 34.2 Å². The molecule has 0 saturated heterocycles. The lowest BCUT2D eigenvalue weighted by Crippen LogP contribution is -2.36. The molecule has 1 rings (SSSR count). The summed E-state index contributed by atoms with van der Waals surface area (Å²) in [6.45, 7) is 2.91. The average molecular weight is 305 g/mol. The Labute approximate surface area is 96.7 Å². The number of benzene rings is 1. The van der Waals surface area contributed by atoms with Crippen LogP contribution in [-0.4, -0.2) is 16.6 Å². The summed E-state index contributed by atoms with van der Waals surface area (Å²) in [5, 5.41) is 12.1. The number of carbonyl (C=O) groups is 1. The predicted octanol–water partition coefficient (Wildman–Crippen LogP) is 2.00. The first-order chi connectivity index (χ1) is 6.41. The molecule has 0 fully saturated rings. The summed E-state index contributed by atoms with van der Waals surface area (Å²) in [4.78, 5) is 11.4. The van der Waals surface area contributed by atoms with Crippen LogP contribution in [0.2, 0.25) is 0 Å². The molecule has 1 aromatic carbocycles. The second-order valence-electron chi connectivity index (χ2n) is 3.49. The number of para-hydroxylation sites is 1. The van der Waals surface area contributed by atoms with Crippen molar-refractivity contribution in [1.82, 2.24) is 0 Å². The Morgan fingerprint density at radius 3 is 2.50 bits per heavy atom. The molecule has 0 aliphatic rings. The monoisotopic (exact) mass is 305 g/mol. The van der Waals surface area contributed by atoms with Gasteiger partial charge < -0.3 is 10.4 Å². The van der Waals surface area contributed by atoms with Crippen LogP contribution in [0.25, 0.3) is 0 Å². The van der Waals surface area contributed by atoms with Crippen LogP contribution in [0.5, 0.6) is 0 Å². The van der Waals surface area contributed by atoms with Crippen LogP contribution in [-0.2, 0) is 4.79 Å². The maximum Gasteiger partial charge on any atom is 0.255 e. The van der Waals surface area contributed by atoms with Crippen LogP contribution in [0.4, 0.5) is 5.69 Å². The average Bonchev–Trinajstić information content (AvgIpc) is 2.07. The minimum Gasteiger partial charge on any atom is -0.381 e. The third kappa shape index (κ3) is 2.95. The summed E-state index contributed by atoms with van der Waals surface area (Å²) in [7, 11) is 0. The number of rotatable bonds is 2. The van der Waals surface area contributed by atoms with E-state index in [1.165, 1.54) is 13.8 Å². The maximum atomic E-state index is 11.4. The molecule has 0 spiro atoms. The molecule has 0 aliphatic heterocycles. The van der Waals surface area contributed by atoms with E-state index in [0.717, 1.165) is 9.26 Å². The van der Waals surface area contributed by atoms with E-state index in [2.05, 4.69) is 27.9 Å². The Hall–Kier alpha value is -0.620. The summed E-state index contributed by atoms with van der Waals surface area (Å²) in [5.74, 6) is -0.401. The van der Waals surface area contributed by atoms with Crippen molar-refractivity contribution in [3.05, 3.63) is 27.8 Å². The summed E-state index contributed by atoms with van der Waals surface area (Å²) in [5.41, 5.74) is -0.626. The zero-order chi connectivity index (χ0) is 10.8. The fourth-order valence-electron chi connectivity index (χ4n) is 0.838. The highest BCUT2D eigenvalue weighted by atomic mass is 127. The number of halogens is 1. The molecule has 0 heterocycles. The van der Waals surface area contributed by atoms with Crippen molar-refractivity contribution in [2.24, 2.45) is 0 Å². The first-order valence-electron chi connectivity index (χ1n) is 4.19. The zero-order valence-electron chi connectivity index (χ0n) is 8.04.